The molecule has 1 atom stereocenters. The highest BCUT2D eigenvalue weighted by molar-refractivity contribution is 7.99. The van der Waals surface area contributed by atoms with Crippen molar-refractivity contribution in [3.05, 3.63) is 59.1 Å². The highest BCUT2D eigenvalue weighted by atomic mass is 35.5. The predicted octanol–water partition coefficient (Wildman–Crippen LogP) is 4.54. The van der Waals surface area contributed by atoms with Crippen LogP contribution in [0.1, 0.15) is 11.6 Å². The van der Waals surface area contributed by atoms with Crippen molar-refractivity contribution in [2.75, 3.05) is 6.61 Å². The molecule has 2 aromatic rings. The molecule has 0 aliphatic rings. The number of nitrogens with two attached hydrogens (primary N) is 1. The summed E-state index contributed by atoms with van der Waals surface area (Å²) in [6.07, 6.45) is 0. The average molecular weight is 366 g/mol. The van der Waals surface area contributed by atoms with Gasteiger partial charge in [-0.25, -0.2) is 8.78 Å². The third-order valence-corrected chi connectivity index (χ3v) is 4.31. The maximum atomic E-state index is 13.6. The Hall–Kier alpha value is -0.850. The van der Waals surface area contributed by atoms with E-state index in [1.807, 2.05) is 0 Å². The summed E-state index contributed by atoms with van der Waals surface area (Å²) in [6, 6.07) is 12.2. The van der Waals surface area contributed by atoms with Crippen LogP contribution in [0.15, 0.2) is 58.3 Å². The predicted molar refractivity (Wildman–Crippen MR) is 88.2 cm³/mol. The Bertz CT molecular complexity index is 611. The van der Waals surface area contributed by atoms with E-state index in [0.717, 1.165) is 4.90 Å². The Kier molecular flexibility index (Phi) is 7.09. The van der Waals surface area contributed by atoms with E-state index in [9.17, 15) is 8.78 Å². The molecule has 0 fully saturated rings. The minimum Gasteiger partial charge on any atom is -0.390 e. The highest BCUT2D eigenvalue weighted by Gasteiger charge is 2.38. The van der Waals surface area contributed by atoms with Crippen molar-refractivity contribution >= 4 is 35.8 Å². The summed E-state index contributed by atoms with van der Waals surface area (Å²) >= 11 is 7.14. The van der Waals surface area contributed by atoms with Crippen LogP contribution < -0.4 is 5.73 Å². The van der Waals surface area contributed by atoms with Crippen molar-refractivity contribution in [2.45, 2.75) is 21.8 Å². The van der Waals surface area contributed by atoms with Gasteiger partial charge in [0.15, 0.2) is 0 Å². The van der Waals surface area contributed by atoms with Gasteiger partial charge in [-0.2, -0.15) is 0 Å². The topological polar surface area (TPSA) is 46.2 Å². The molecule has 0 aliphatic heterocycles. The minimum absolute atomic E-state index is 0. The average Bonchev–Trinajstić information content (AvgIpc) is 2.49. The summed E-state index contributed by atoms with van der Waals surface area (Å²) in [5.41, 5.74) is 5.92. The molecule has 0 aliphatic carbocycles. The number of hydrogen-bond donors (Lipinski definition) is 2. The minimum atomic E-state index is -3.36. The summed E-state index contributed by atoms with van der Waals surface area (Å²) in [6.45, 7) is -1.28. The van der Waals surface area contributed by atoms with Crippen LogP contribution in [0.4, 0.5) is 8.78 Å². The Morgan fingerprint density at radius 2 is 1.73 bits per heavy atom. The van der Waals surface area contributed by atoms with E-state index in [2.05, 4.69) is 0 Å². The van der Waals surface area contributed by atoms with Gasteiger partial charge in [0.05, 0.1) is 6.04 Å². The Labute approximate surface area is 143 Å². The normalized spacial score (nSPS) is 12.6. The first-order valence-corrected chi connectivity index (χ1v) is 7.40. The van der Waals surface area contributed by atoms with Crippen molar-refractivity contribution in [1.29, 1.82) is 0 Å². The second kappa shape index (κ2) is 8.13. The lowest BCUT2D eigenvalue weighted by molar-refractivity contribution is -0.0717. The lowest BCUT2D eigenvalue weighted by atomic mass is 10.0. The zero-order chi connectivity index (χ0) is 15.5. The van der Waals surface area contributed by atoms with Gasteiger partial charge in [0.1, 0.15) is 6.61 Å². The first-order valence-electron chi connectivity index (χ1n) is 6.20. The monoisotopic (exact) mass is 365 g/mol. The summed E-state index contributed by atoms with van der Waals surface area (Å²) in [7, 11) is 0. The molecule has 0 unspecified atom stereocenters. The molecule has 0 amide bonds. The van der Waals surface area contributed by atoms with Crippen LogP contribution in [0.3, 0.4) is 0 Å². The van der Waals surface area contributed by atoms with Crippen LogP contribution in [-0.4, -0.2) is 17.6 Å². The number of benzene rings is 2. The van der Waals surface area contributed by atoms with Crippen LogP contribution in [0, 0.1) is 0 Å². The van der Waals surface area contributed by atoms with E-state index in [0.29, 0.717) is 15.5 Å². The van der Waals surface area contributed by atoms with E-state index in [1.165, 1.54) is 11.8 Å². The van der Waals surface area contributed by atoms with Crippen molar-refractivity contribution in [3.8, 4) is 0 Å². The van der Waals surface area contributed by atoms with Crippen LogP contribution in [-0.2, 0) is 0 Å². The fourth-order valence-electron chi connectivity index (χ4n) is 1.79. The molecule has 0 heterocycles. The number of hydrogen-bond acceptors (Lipinski definition) is 3. The van der Waals surface area contributed by atoms with Gasteiger partial charge >= 0.3 is 0 Å². The maximum absolute atomic E-state index is 13.6. The fourth-order valence-corrected chi connectivity index (χ4v) is 2.90. The number of alkyl halides is 2. The maximum Gasteiger partial charge on any atom is 0.289 e. The molecule has 0 radical (unpaired) electrons. The number of halogens is 4. The molecule has 0 aromatic heterocycles. The standard InChI is InChI=1S/C15H14ClF2NOS.ClH/c16-10-5-7-11(8-6-10)21-13-4-2-1-3-12(13)14(19)15(17,18)9-20;/h1-8,14,20H,9,19H2;1H/t14-;/m1./s1. The molecule has 7 heteroatoms. The molecule has 22 heavy (non-hydrogen) atoms. The number of aliphatic hydroxyl groups is 1. The molecule has 2 nitrogen and oxygen atoms in total. The second-order valence-corrected chi connectivity index (χ2v) is 6.04. The van der Waals surface area contributed by atoms with Crippen molar-refractivity contribution < 1.29 is 13.9 Å². The highest BCUT2D eigenvalue weighted by Crippen LogP contribution is 2.37. The Morgan fingerprint density at radius 1 is 1.14 bits per heavy atom. The smallest absolute Gasteiger partial charge is 0.289 e. The molecule has 0 bridgehead atoms. The number of rotatable bonds is 5. The molecule has 2 aromatic carbocycles. The van der Waals surface area contributed by atoms with Crippen molar-refractivity contribution in [3.63, 3.8) is 0 Å². The van der Waals surface area contributed by atoms with E-state index in [4.69, 9.17) is 22.4 Å². The molecular weight excluding hydrogens is 351 g/mol. The van der Waals surface area contributed by atoms with Crippen molar-refractivity contribution in [2.24, 2.45) is 5.73 Å². The van der Waals surface area contributed by atoms with Crippen LogP contribution in [0.25, 0.3) is 0 Å². The SMILES string of the molecule is Cl.N[C@H](c1ccccc1Sc1ccc(Cl)cc1)C(F)(F)CO. The second-order valence-electron chi connectivity index (χ2n) is 4.49. The first kappa shape index (κ1) is 19.2. The molecule has 0 spiro atoms. The first-order chi connectivity index (χ1) is 9.94. The summed E-state index contributed by atoms with van der Waals surface area (Å²) in [5, 5.41) is 9.39. The Morgan fingerprint density at radius 3 is 2.32 bits per heavy atom. The molecule has 0 saturated heterocycles. The van der Waals surface area contributed by atoms with Gasteiger partial charge in [-0.05, 0) is 35.9 Å². The molecular formula is C15H15Cl2F2NOS. The summed E-state index contributed by atoms with van der Waals surface area (Å²) in [5.74, 6) is -3.36. The van der Waals surface area contributed by atoms with Crippen LogP contribution in [0.2, 0.25) is 5.02 Å². The van der Waals surface area contributed by atoms with Gasteiger partial charge in [0.25, 0.3) is 5.92 Å². The summed E-state index contributed by atoms with van der Waals surface area (Å²) < 4.78 is 27.2. The third-order valence-electron chi connectivity index (χ3n) is 2.96. The van der Waals surface area contributed by atoms with E-state index in [-0.39, 0.29) is 12.4 Å². The molecule has 120 valence electrons. The van der Waals surface area contributed by atoms with Gasteiger partial charge < -0.3 is 10.8 Å². The largest absolute Gasteiger partial charge is 0.390 e. The van der Waals surface area contributed by atoms with Crippen LogP contribution in [0.5, 0.6) is 0 Å². The summed E-state index contributed by atoms with van der Waals surface area (Å²) in [4.78, 5) is 1.49. The van der Waals surface area contributed by atoms with Gasteiger partial charge in [-0.15, -0.1) is 12.4 Å². The quantitative estimate of drug-likeness (QED) is 0.817. The van der Waals surface area contributed by atoms with Crippen LogP contribution >= 0.6 is 35.8 Å². The van der Waals surface area contributed by atoms with E-state index >= 15 is 0 Å². The van der Waals surface area contributed by atoms with E-state index in [1.54, 1.807) is 48.5 Å². The van der Waals surface area contributed by atoms with E-state index < -0.39 is 18.6 Å². The lowest BCUT2D eigenvalue weighted by Crippen LogP contribution is -2.36. The molecule has 0 saturated carbocycles. The zero-order valence-electron chi connectivity index (χ0n) is 11.4. The van der Waals surface area contributed by atoms with Gasteiger partial charge in [-0.1, -0.05) is 41.6 Å². The zero-order valence-corrected chi connectivity index (χ0v) is 13.8. The number of aliphatic hydroxyl groups excluding tert-OH is 1. The van der Waals surface area contributed by atoms with Gasteiger partial charge in [0, 0.05) is 14.8 Å². The van der Waals surface area contributed by atoms with Gasteiger partial charge in [0.2, 0.25) is 0 Å². The Balaban J connectivity index is 0.00000242. The fraction of sp³-hybridized carbons (Fsp3) is 0.200. The molecule has 3 N–H and O–H groups in total. The van der Waals surface area contributed by atoms with Gasteiger partial charge in [-0.3, -0.25) is 0 Å². The molecule has 2 rings (SSSR count). The lowest BCUT2D eigenvalue weighted by Gasteiger charge is -2.23. The third kappa shape index (κ3) is 4.57. The van der Waals surface area contributed by atoms with Crippen molar-refractivity contribution in [1.82, 2.24) is 0 Å².